The number of aliphatic hydroxyl groups is 1. The molecule has 0 radical (unpaired) electrons. The minimum Gasteiger partial charge on any atom is -0.390 e. The molecule has 1 unspecified atom stereocenters. The molecule has 26 heavy (non-hydrogen) atoms. The Kier molecular flexibility index (Phi) is 4.78. The van der Waals surface area contributed by atoms with Crippen LogP contribution < -0.4 is 0 Å². The summed E-state index contributed by atoms with van der Waals surface area (Å²) in [6.07, 6.45) is 9.46. The van der Waals surface area contributed by atoms with E-state index in [4.69, 9.17) is 0 Å². The molecule has 1 aromatic carbocycles. The highest BCUT2D eigenvalue weighted by Crippen LogP contribution is 2.23. The molecule has 6 nitrogen and oxygen atoms in total. The lowest BCUT2D eigenvalue weighted by Crippen LogP contribution is -2.40. The van der Waals surface area contributed by atoms with Crippen LogP contribution in [0.5, 0.6) is 0 Å². The zero-order chi connectivity index (χ0) is 18.1. The largest absolute Gasteiger partial charge is 0.390 e. The second-order valence-corrected chi connectivity index (χ2v) is 7.52. The van der Waals surface area contributed by atoms with E-state index < -0.39 is 0 Å². The minimum atomic E-state index is -0.390. The van der Waals surface area contributed by atoms with Crippen molar-refractivity contribution in [2.24, 2.45) is 0 Å². The molecule has 3 aromatic rings. The summed E-state index contributed by atoms with van der Waals surface area (Å²) in [5.74, 6) is 0. The van der Waals surface area contributed by atoms with Gasteiger partial charge in [0.2, 0.25) is 0 Å². The lowest BCUT2D eigenvalue weighted by Gasteiger charge is -2.33. The first-order chi connectivity index (χ1) is 12.6. The van der Waals surface area contributed by atoms with Gasteiger partial charge in [-0.1, -0.05) is 0 Å². The Hall–Kier alpha value is -2.18. The number of β-amino-alcohol motifs (C(OH)–C–C–N with tert-alkyl or cyclic N) is 1. The van der Waals surface area contributed by atoms with E-state index in [2.05, 4.69) is 50.0 Å². The van der Waals surface area contributed by atoms with Gasteiger partial charge in [0.25, 0.3) is 0 Å². The minimum absolute atomic E-state index is 0.390. The molecule has 1 saturated heterocycles. The summed E-state index contributed by atoms with van der Waals surface area (Å²) < 4.78 is 4.28. The maximum absolute atomic E-state index is 10.6. The lowest BCUT2D eigenvalue weighted by molar-refractivity contribution is 0.0801. The third-order valence-corrected chi connectivity index (χ3v) is 5.62. The van der Waals surface area contributed by atoms with E-state index in [9.17, 15) is 5.11 Å². The molecule has 0 bridgehead atoms. The fourth-order valence-electron chi connectivity index (χ4n) is 3.93. The molecule has 1 fully saturated rings. The number of imidazole rings is 2. The van der Waals surface area contributed by atoms with E-state index in [1.165, 1.54) is 11.1 Å². The van der Waals surface area contributed by atoms with Crippen LogP contribution in [-0.2, 0) is 6.54 Å². The summed E-state index contributed by atoms with van der Waals surface area (Å²) in [5.41, 5.74) is 4.62. The average Bonchev–Trinajstić information content (AvgIpc) is 3.27. The second-order valence-electron chi connectivity index (χ2n) is 7.52. The summed E-state index contributed by atoms with van der Waals surface area (Å²) in [5, 5.41) is 10.6. The van der Waals surface area contributed by atoms with Crippen LogP contribution in [0, 0.1) is 13.8 Å². The Bertz CT molecular complexity index is 862. The van der Waals surface area contributed by atoms with Crippen molar-refractivity contribution in [2.75, 3.05) is 19.6 Å². The number of fused-ring (bicyclic) bond motifs is 1. The number of benzene rings is 1. The van der Waals surface area contributed by atoms with Crippen LogP contribution in [0.25, 0.3) is 11.0 Å². The molecule has 6 heteroatoms. The van der Waals surface area contributed by atoms with Crippen molar-refractivity contribution >= 4 is 11.0 Å². The van der Waals surface area contributed by atoms with Gasteiger partial charge in [0, 0.05) is 38.1 Å². The van der Waals surface area contributed by atoms with Gasteiger partial charge >= 0.3 is 0 Å². The zero-order valence-corrected chi connectivity index (χ0v) is 15.5. The Morgan fingerprint density at radius 2 is 1.88 bits per heavy atom. The van der Waals surface area contributed by atoms with Gasteiger partial charge in [-0.2, -0.15) is 0 Å². The van der Waals surface area contributed by atoms with Crippen molar-refractivity contribution in [3.8, 4) is 0 Å². The normalized spacial score (nSPS) is 17.8. The van der Waals surface area contributed by atoms with Crippen LogP contribution in [0.2, 0.25) is 0 Å². The fourth-order valence-corrected chi connectivity index (χ4v) is 3.93. The second kappa shape index (κ2) is 7.21. The third-order valence-electron chi connectivity index (χ3n) is 5.62. The molecule has 1 aliphatic rings. The standard InChI is InChI=1S/C20H27N5O/c1-15-9-19-20(10-16(15)2)25(14-22-19)12-18(26)11-23-6-3-17(4-7-23)24-8-5-21-13-24/h5,8-10,13-14,17-18,26H,3-4,6-7,11-12H2,1-2H3. The molecule has 3 heterocycles. The van der Waals surface area contributed by atoms with Crippen molar-refractivity contribution in [3.05, 3.63) is 48.3 Å². The first-order valence-corrected chi connectivity index (χ1v) is 9.40. The molecule has 1 N–H and O–H groups in total. The number of aliphatic hydroxyl groups excluding tert-OH is 1. The van der Waals surface area contributed by atoms with Crippen LogP contribution in [0.4, 0.5) is 0 Å². The van der Waals surface area contributed by atoms with Gasteiger partial charge in [0.05, 0.1) is 36.3 Å². The number of nitrogens with zero attached hydrogens (tertiary/aromatic N) is 5. The quantitative estimate of drug-likeness (QED) is 0.766. The highest BCUT2D eigenvalue weighted by Gasteiger charge is 2.22. The topological polar surface area (TPSA) is 59.1 Å². The van der Waals surface area contributed by atoms with Gasteiger partial charge in [-0.05, 0) is 49.9 Å². The Morgan fingerprint density at radius 3 is 2.62 bits per heavy atom. The molecule has 0 saturated carbocycles. The zero-order valence-electron chi connectivity index (χ0n) is 15.5. The molecular formula is C20H27N5O. The first-order valence-electron chi connectivity index (χ1n) is 9.40. The van der Waals surface area contributed by atoms with Gasteiger partial charge in [-0.25, -0.2) is 9.97 Å². The number of hydrogen-bond donors (Lipinski definition) is 1. The average molecular weight is 353 g/mol. The van der Waals surface area contributed by atoms with Gasteiger partial charge in [0.1, 0.15) is 0 Å². The van der Waals surface area contributed by atoms with E-state index >= 15 is 0 Å². The molecule has 1 aliphatic heterocycles. The van der Waals surface area contributed by atoms with Crippen LogP contribution in [0.15, 0.2) is 37.2 Å². The Labute approximate surface area is 154 Å². The number of hydrogen-bond acceptors (Lipinski definition) is 4. The monoisotopic (exact) mass is 353 g/mol. The molecular weight excluding hydrogens is 326 g/mol. The summed E-state index contributed by atoms with van der Waals surface area (Å²) >= 11 is 0. The van der Waals surface area contributed by atoms with Crippen molar-refractivity contribution in [2.45, 2.75) is 45.4 Å². The number of aromatic nitrogens is 4. The van der Waals surface area contributed by atoms with Gasteiger partial charge in [-0.15, -0.1) is 0 Å². The molecule has 138 valence electrons. The molecule has 0 aliphatic carbocycles. The third kappa shape index (κ3) is 3.52. The van der Waals surface area contributed by atoms with Crippen molar-refractivity contribution in [3.63, 3.8) is 0 Å². The summed E-state index contributed by atoms with van der Waals surface area (Å²) in [7, 11) is 0. The Balaban J connectivity index is 1.35. The summed E-state index contributed by atoms with van der Waals surface area (Å²) in [4.78, 5) is 11.0. The maximum atomic E-state index is 10.6. The molecule has 2 aromatic heterocycles. The number of rotatable bonds is 5. The van der Waals surface area contributed by atoms with Crippen LogP contribution in [-0.4, -0.2) is 54.8 Å². The number of aryl methyl sites for hydroxylation is 2. The SMILES string of the molecule is Cc1cc2ncn(CC(O)CN3CCC(n4ccnc4)CC3)c2cc1C. The first kappa shape index (κ1) is 17.2. The van der Waals surface area contributed by atoms with Crippen molar-refractivity contribution < 1.29 is 5.11 Å². The number of likely N-dealkylation sites (tertiary alicyclic amines) is 1. The van der Waals surface area contributed by atoms with Gasteiger partial charge in [0.15, 0.2) is 0 Å². The lowest BCUT2D eigenvalue weighted by atomic mass is 10.0. The van der Waals surface area contributed by atoms with E-state index in [0.29, 0.717) is 19.1 Å². The van der Waals surface area contributed by atoms with Gasteiger partial charge in [-0.3, -0.25) is 0 Å². The summed E-state index contributed by atoms with van der Waals surface area (Å²) in [6, 6.07) is 4.82. The van der Waals surface area contributed by atoms with Crippen molar-refractivity contribution in [1.82, 2.24) is 24.0 Å². The van der Waals surface area contributed by atoms with Crippen LogP contribution in [0.3, 0.4) is 0 Å². The van der Waals surface area contributed by atoms with Crippen LogP contribution in [0.1, 0.15) is 30.0 Å². The van der Waals surface area contributed by atoms with Crippen LogP contribution >= 0.6 is 0 Å². The van der Waals surface area contributed by atoms with E-state index in [-0.39, 0.29) is 6.10 Å². The highest BCUT2D eigenvalue weighted by molar-refractivity contribution is 5.77. The maximum Gasteiger partial charge on any atom is 0.0959 e. The summed E-state index contributed by atoms with van der Waals surface area (Å²) in [6.45, 7) is 7.55. The molecule has 0 amide bonds. The van der Waals surface area contributed by atoms with E-state index in [1.807, 2.05) is 25.0 Å². The molecule has 4 rings (SSSR count). The van der Waals surface area contributed by atoms with Crippen molar-refractivity contribution in [1.29, 1.82) is 0 Å². The highest BCUT2D eigenvalue weighted by atomic mass is 16.3. The van der Waals surface area contributed by atoms with E-state index in [1.54, 1.807) is 0 Å². The predicted molar refractivity (Wildman–Crippen MR) is 102 cm³/mol. The molecule has 0 spiro atoms. The molecule has 1 atom stereocenters. The van der Waals surface area contributed by atoms with Gasteiger partial charge < -0.3 is 19.1 Å². The number of piperidine rings is 1. The van der Waals surface area contributed by atoms with E-state index in [0.717, 1.165) is 37.0 Å². The Morgan fingerprint density at radius 1 is 1.12 bits per heavy atom. The smallest absolute Gasteiger partial charge is 0.0959 e. The predicted octanol–water partition coefficient (Wildman–Crippen LogP) is 2.55. The fraction of sp³-hybridized carbons (Fsp3) is 0.500.